The summed E-state index contributed by atoms with van der Waals surface area (Å²) >= 11 is 10.0. The number of nitrogens with one attached hydrogen (secondary N) is 2. The van der Waals surface area contributed by atoms with E-state index in [1.54, 1.807) is 0 Å². The summed E-state index contributed by atoms with van der Waals surface area (Å²) in [4.78, 5) is 23.6. The maximum atomic E-state index is 12.1. The molecule has 22 heavy (non-hydrogen) atoms. The number of imide groups is 1. The summed E-state index contributed by atoms with van der Waals surface area (Å²) in [5.74, 6) is -0.197. The summed E-state index contributed by atoms with van der Waals surface area (Å²) in [7, 11) is 0. The van der Waals surface area contributed by atoms with Gasteiger partial charge in [0.05, 0.1) is 0 Å². The Morgan fingerprint density at radius 3 is 2.50 bits per heavy atom. The van der Waals surface area contributed by atoms with Crippen molar-refractivity contribution in [2.75, 3.05) is 0 Å². The number of allylic oxidation sites excluding steroid dienone is 1. The predicted molar refractivity (Wildman–Crippen MR) is 87.9 cm³/mol. The molecule has 4 nitrogen and oxygen atoms in total. The molecule has 1 aromatic carbocycles. The maximum absolute atomic E-state index is 12.1. The lowest BCUT2D eigenvalue weighted by Gasteiger charge is -2.42. The fraction of sp³-hybridized carbons (Fsp3) is 0.375. The number of fused-ring (bicyclic) bond motifs is 2. The lowest BCUT2D eigenvalue weighted by Crippen LogP contribution is -2.52. The van der Waals surface area contributed by atoms with E-state index in [1.807, 2.05) is 12.1 Å². The number of halogens is 2. The molecule has 3 aliphatic rings. The van der Waals surface area contributed by atoms with Gasteiger partial charge in [0, 0.05) is 14.9 Å². The van der Waals surface area contributed by atoms with Crippen LogP contribution in [-0.4, -0.2) is 17.5 Å². The molecule has 114 valence electrons. The maximum Gasteiger partial charge on any atom is 0.322 e. The minimum absolute atomic E-state index is 0.126. The van der Waals surface area contributed by atoms with Crippen LogP contribution < -0.4 is 10.6 Å². The summed E-state index contributed by atoms with van der Waals surface area (Å²) < 4.78 is 1.11. The molecule has 1 aliphatic heterocycles. The summed E-state index contributed by atoms with van der Waals surface area (Å²) in [5.41, 5.74) is 1.41. The molecule has 1 saturated carbocycles. The number of carbonyl (C=O) groups excluding carboxylic acids is 2. The van der Waals surface area contributed by atoms with Gasteiger partial charge in [-0.05, 0) is 49.0 Å². The zero-order chi connectivity index (χ0) is 15.5. The van der Waals surface area contributed by atoms with Crippen LogP contribution in [0.3, 0.4) is 0 Å². The molecule has 2 fully saturated rings. The summed E-state index contributed by atoms with van der Waals surface area (Å²) in [5, 5.41) is 5.92. The van der Waals surface area contributed by atoms with Crippen molar-refractivity contribution < 1.29 is 9.59 Å². The second-order valence-corrected chi connectivity index (χ2v) is 7.53. The topological polar surface area (TPSA) is 58.2 Å². The predicted octanol–water partition coefficient (Wildman–Crippen LogP) is 3.48. The Morgan fingerprint density at radius 2 is 1.86 bits per heavy atom. The average molecular weight is 382 g/mol. The van der Waals surface area contributed by atoms with E-state index in [1.165, 1.54) is 5.56 Å². The molecule has 2 spiro atoms. The van der Waals surface area contributed by atoms with Gasteiger partial charge in [-0.15, -0.1) is 0 Å². The largest absolute Gasteiger partial charge is 0.323 e. The first kappa shape index (κ1) is 14.3. The molecule has 0 bridgehead atoms. The van der Waals surface area contributed by atoms with E-state index in [0.29, 0.717) is 12.8 Å². The van der Waals surface area contributed by atoms with Gasteiger partial charge in [0.25, 0.3) is 5.91 Å². The van der Waals surface area contributed by atoms with Crippen molar-refractivity contribution in [3.05, 3.63) is 38.8 Å². The van der Waals surface area contributed by atoms with Gasteiger partial charge in [0.1, 0.15) is 5.54 Å². The number of urea groups is 1. The first-order valence-electron chi connectivity index (χ1n) is 7.27. The number of hydrogen-bond acceptors (Lipinski definition) is 2. The molecule has 1 saturated heterocycles. The fourth-order valence-corrected chi connectivity index (χ4v) is 5.05. The number of amides is 3. The molecule has 1 aromatic rings. The average Bonchev–Trinajstić information content (AvgIpc) is 2.91. The lowest BCUT2D eigenvalue weighted by molar-refractivity contribution is -0.125. The summed E-state index contributed by atoms with van der Waals surface area (Å²) in [6.45, 7) is 0. The lowest BCUT2D eigenvalue weighted by atomic mass is 9.65. The monoisotopic (exact) mass is 380 g/mol. The van der Waals surface area contributed by atoms with Crippen molar-refractivity contribution in [1.82, 2.24) is 10.6 Å². The highest BCUT2D eigenvalue weighted by atomic mass is 79.9. The third-order valence-electron chi connectivity index (χ3n) is 5.27. The fourth-order valence-electron chi connectivity index (χ4n) is 3.99. The van der Waals surface area contributed by atoms with E-state index in [2.05, 4.69) is 38.7 Å². The van der Waals surface area contributed by atoms with Crippen LogP contribution in [0.15, 0.2) is 22.7 Å². The Labute approximate surface area is 141 Å². The highest BCUT2D eigenvalue weighted by Crippen LogP contribution is 2.56. The van der Waals surface area contributed by atoms with Gasteiger partial charge in [0.2, 0.25) is 0 Å². The highest BCUT2D eigenvalue weighted by Gasteiger charge is 2.54. The van der Waals surface area contributed by atoms with Gasteiger partial charge in [-0.2, -0.15) is 0 Å². The first-order chi connectivity index (χ1) is 10.5. The van der Waals surface area contributed by atoms with Crippen molar-refractivity contribution in [3.63, 3.8) is 0 Å². The van der Waals surface area contributed by atoms with Crippen LogP contribution in [0.1, 0.15) is 36.8 Å². The molecule has 2 N–H and O–H groups in total. The zero-order valence-corrected chi connectivity index (χ0v) is 14.1. The van der Waals surface area contributed by atoms with Gasteiger partial charge in [0.15, 0.2) is 0 Å². The van der Waals surface area contributed by atoms with Crippen molar-refractivity contribution in [2.45, 2.75) is 36.6 Å². The van der Waals surface area contributed by atoms with E-state index in [-0.39, 0.29) is 17.4 Å². The first-order valence-corrected chi connectivity index (χ1v) is 8.44. The highest BCUT2D eigenvalue weighted by molar-refractivity contribution is 9.11. The van der Waals surface area contributed by atoms with Crippen molar-refractivity contribution >= 4 is 45.5 Å². The normalized spacial score (nSPS) is 32.9. The Hall–Kier alpha value is -1.33. The molecule has 4 rings (SSSR count). The van der Waals surface area contributed by atoms with Crippen LogP contribution in [0.4, 0.5) is 4.79 Å². The molecule has 0 atom stereocenters. The van der Waals surface area contributed by atoms with Gasteiger partial charge in [-0.25, -0.2) is 4.79 Å². The third kappa shape index (κ3) is 1.75. The smallest absolute Gasteiger partial charge is 0.322 e. The SMILES string of the molecule is O=C1NC(=O)C2(CCC3(CC2)C(Br)=Cc2c(Cl)cccc23)N1. The molecule has 2 aliphatic carbocycles. The molecule has 0 aromatic heterocycles. The quantitative estimate of drug-likeness (QED) is 0.676. The van der Waals surface area contributed by atoms with Crippen LogP contribution in [0, 0.1) is 0 Å². The molecule has 6 heteroatoms. The van der Waals surface area contributed by atoms with Crippen LogP contribution in [-0.2, 0) is 10.2 Å². The Morgan fingerprint density at radius 1 is 1.14 bits per heavy atom. The van der Waals surface area contributed by atoms with Crippen molar-refractivity contribution in [3.8, 4) is 0 Å². The summed E-state index contributed by atoms with van der Waals surface area (Å²) in [6, 6.07) is 5.59. The van der Waals surface area contributed by atoms with Crippen molar-refractivity contribution in [1.29, 1.82) is 0 Å². The Kier molecular flexibility index (Phi) is 2.97. The minimum Gasteiger partial charge on any atom is -0.323 e. The molecule has 0 unspecified atom stereocenters. The number of carbonyl (C=O) groups is 2. The van der Waals surface area contributed by atoms with E-state index < -0.39 is 5.54 Å². The van der Waals surface area contributed by atoms with E-state index in [4.69, 9.17) is 11.6 Å². The number of rotatable bonds is 0. The van der Waals surface area contributed by atoms with Gasteiger partial charge >= 0.3 is 6.03 Å². The van der Waals surface area contributed by atoms with Crippen molar-refractivity contribution in [2.24, 2.45) is 0 Å². The minimum atomic E-state index is -0.739. The Balaban J connectivity index is 1.70. The zero-order valence-electron chi connectivity index (χ0n) is 11.7. The molecule has 0 radical (unpaired) electrons. The number of benzene rings is 1. The standard InChI is InChI=1S/C16H14BrClN2O2/c17-12-8-9-10(2-1-3-11(9)18)15(12)4-6-16(7-5-15)13(21)19-14(22)20-16/h1-3,8H,4-7H2,(H2,19,20,21,22). The van der Waals surface area contributed by atoms with Crippen LogP contribution in [0.25, 0.3) is 6.08 Å². The van der Waals surface area contributed by atoms with Crippen LogP contribution in [0.5, 0.6) is 0 Å². The van der Waals surface area contributed by atoms with Gasteiger partial charge < -0.3 is 5.32 Å². The molecule has 3 amide bonds. The molecule has 1 heterocycles. The number of hydrogen-bond donors (Lipinski definition) is 2. The third-order valence-corrected chi connectivity index (χ3v) is 6.59. The van der Waals surface area contributed by atoms with E-state index in [0.717, 1.165) is 27.9 Å². The summed E-state index contributed by atoms with van der Waals surface area (Å²) in [6.07, 6.45) is 4.93. The van der Waals surface area contributed by atoms with Crippen LogP contribution in [0.2, 0.25) is 5.02 Å². The molecular weight excluding hydrogens is 368 g/mol. The van der Waals surface area contributed by atoms with E-state index in [9.17, 15) is 9.59 Å². The van der Waals surface area contributed by atoms with Gasteiger partial charge in [-0.3, -0.25) is 10.1 Å². The second-order valence-electron chi connectivity index (χ2n) is 6.27. The second kappa shape index (κ2) is 4.59. The van der Waals surface area contributed by atoms with Gasteiger partial charge in [-0.1, -0.05) is 39.7 Å². The van der Waals surface area contributed by atoms with Crippen LogP contribution >= 0.6 is 27.5 Å². The van der Waals surface area contributed by atoms with E-state index >= 15 is 0 Å². The Bertz CT molecular complexity index is 736. The molecular formula is C16H14BrClN2O2.